The summed E-state index contributed by atoms with van der Waals surface area (Å²) in [6.07, 6.45) is 7.02. The lowest BCUT2D eigenvalue weighted by atomic mass is 10.1. The van der Waals surface area contributed by atoms with Crippen LogP contribution in [0, 0.1) is 0 Å². The van der Waals surface area contributed by atoms with Crippen molar-refractivity contribution in [1.82, 2.24) is 20.3 Å². The Kier molecular flexibility index (Phi) is 2.01. The molecule has 2 heterocycles. The van der Waals surface area contributed by atoms with Gasteiger partial charge < -0.3 is 5.32 Å². The quantitative estimate of drug-likeness (QED) is 0.762. The highest BCUT2D eigenvalue weighted by Crippen LogP contribution is 2.40. The Morgan fingerprint density at radius 1 is 1.21 bits per heavy atom. The summed E-state index contributed by atoms with van der Waals surface area (Å²) in [5.74, 6) is 0.764. The van der Waals surface area contributed by atoms with Crippen molar-refractivity contribution in [2.24, 2.45) is 0 Å². The Morgan fingerprint density at radius 2 is 2.00 bits per heavy atom. The maximum Gasteiger partial charge on any atom is 0.0728 e. The van der Waals surface area contributed by atoms with E-state index < -0.39 is 0 Å². The largest absolute Gasteiger partial charge is 0.317 e. The monoisotopic (exact) mass is 192 g/mol. The maximum absolute atomic E-state index is 4.24. The van der Waals surface area contributed by atoms with Gasteiger partial charge in [0.1, 0.15) is 0 Å². The molecule has 14 heavy (non-hydrogen) atoms. The molecule has 1 saturated heterocycles. The molecule has 4 heteroatoms. The van der Waals surface area contributed by atoms with Gasteiger partial charge in [0.2, 0.25) is 0 Å². The van der Waals surface area contributed by atoms with Gasteiger partial charge in [0.15, 0.2) is 0 Å². The van der Waals surface area contributed by atoms with Gasteiger partial charge >= 0.3 is 0 Å². The summed E-state index contributed by atoms with van der Waals surface area (Å²) in [6, 6.07) is 0.592. The number of hydrogen-bond donors (Lipinski definition) is 1. The summed E-state index contributed by atoms with van der Waals surface area (Å²) in [5, 5.41) is 11.7. The number of nitrogens with one attached hydrogen (secondary N) is 1. The van der Waals surface area contributed by atoms with Crippen LogP contribution < -0.4 is 5.32 Å². The fourth-order valence-corrected chi connectivity index (χ4v) is 2.26. The minimum absolute atomic E-state index is 0.592. The second kappa shape index (κ2) is 3.35. The third kappa shape index (κ3) is 1.43. The first-order chi connectivity index (χ1) is 6.95. The van der Waals surface area contributed by atoms with Crippen molar-refractivity contribution in [3.8, 4) is 0 Å². The molecule has 1 aromatic rings. The van der Waals surface area contributed by atoms with Crippen molar-refractivity contribution in [3.05, 3.63) is 11.9 Å². The van der Waals surface area contributed by atoms with Crippen LogP contribution in [0.2, 0.25) is 0 Å². The number of nitrogens with zero attached hydrogens (tertiary/aromatic N) is 3. The van der Waals surface area contributed by atoms with E-state index in [0.29, 0.717) is 6.04 Å². The molecule has 0 amide bonds. The lowest BCUT2D eigenvalue weighted by Gasteiger charge is -2.23. The normalized spacial score (nSPS) is 24.0. The Balaban J connectivity index is 1.82. The Hall–Kier alpha value is -0.900. The molecule has 4 nitrogen and oxygen atoms in total. The lowest BCUT2D eigenvalue weighted by Crippen LogP contribution is -2.30. The Labute approximate surface area is 83.7 Å². The topological polar surface area (TPSA) is 42.7 Å². The van der Waals surface area contributed by atoms with Gasteiger partial charge in [0, 0.05) is 5.92 Å². The van der Waals surface area contributed by atoms with Gasteiger partial charge in [-0.1, -0.05) is 5.21 Å². The molecule has 0 atom stereocenters. The van der Waals surface area contributed by atoms with Crippen LogP contribution in [-0.4, -0.2) is 28.1 Å². The van der Waals surface area contributed by atoms with Crippen LogP contribution in [0.15, 0.2) is 6.20 Å². The molecule has 1 aromatic heterocycles. The van der Waals surface area contributed by atoms with Gasteiger partial charge in [-0.3, -0.25) is 0 Å². The fraction of sp³-hybridized carbons (Fsp3) is 0.800. The lowest BCUT2D eigenvalue weighted by molar-refractivity contribution is 0.330. The zero-order valence-corrected chi connectivity index (χ0v) is 8.32. The van der Waals surface area contributed by atoms with E-state index in [4.69, 9.17) is 0 Å². The van der Waals surface area contributed by atoms with Gasteiger partial charge in [-0.2, -0.15) is 0 Å². The first-order valence-corrected chi connectivity index (χ1v) is 5.56. The third-order valence-corrected chi connectivity index (χ3v) is 3.25. The highest BCUT2D eigenvalue weighted by Gasteiger charge is 2.30. The molecule has 1 aliphatic carbocycles. The number of rotatable bonds is 2. The molecule has 3 rings (SSSR count). The van der Waals surface area contributed by atoms with Crippen molar-refractivity contribution in [1.29, 1.82) is 0 Å². The zero-order chi connectivity index (χ0) is 9.38. The summed E-state index contributed by atoms with van der Waals surface area (Å²) in [5.41, 5.74) is 1.37. The standard InChI is InChI=1S/C10H16N4/c1-2-8(1)10-7-12-13-14(10)9-3-5-11-6-4-9/h7-9,11H,1-6H2. The first kappa shape index (κ1) is 8.41. The maximum atomic E-state index is 4.24. The molecule has 76 valence electrons. The van der Waals surface area contributed by atoms with Crippen molar-refractivity contribution in [2.45, 2.75) is 37.6 Å². The second-order valence-corrected chi connectivity index (χ2v) is 4.36. The number of aromatic nitrogens is 3. The molecule has 1 saturated carbocycles. The molecule has 2 aliphatic rings. The van der Waals surface area contributed by atoms with Crippen molar-refractivity contribution >= 4 is 0 Å². The van der Waals surface area contributed by atoms with Crippen LogP contribution in [0.5, 0.6) is 0 Å². The van der Waals surface area contributed by atoms with E-state index >= 15 is 0 Å². The summed E-state index contributed by atoms with van der Waals surface area (Å²) in [4.78, 5) is 0. The molecular formula is C10H16N4. The van der Waals surface area contributed by atoms with E-state index in [0.717, 1.165) is 19.0 Å². The minimum Gasteiger partial charge on any atom is -0.317 e. The Morgan fingerprint density at radius 3 is 2.71 bits per heavy atom. The van der Waals surface area contributed by atoms with E-state index in [1.807, 2.05) is 6.20 Å². The van der Waals surface area contributed by atoms with Crippen LogP contribution in [0.3, 0.4) is 0 Å². The van der Waals surface area contributed by atoms with Gasteiger partial charge in [-0.05, 0) is 38.8 Å². The summed E-state index contributed by atoms with van der Waals surface area (Å²) >= 11 is 0. The average molecular weight is 192 g/mol. The van der Waals surface area contributed by atoms with Gasteiger partial charge in [-0.25, -0.2) is 4.68 Å². The molecule has 1 aliphatic heterocycles. The van der Waals surface area contributed by atoms with Crippen molar-refractivity contribution < 1.29 is 0 Å². The predicted molar refractivity (Wildman–Crippen MR) is 53.1 cm³/mol. The molecule has 0 radical (unpaired) electrons. The predicted octanol–water partition coefficient (Wildman–Crippen LogP) is 1.08. The number of piperidine rings is 1. The first-order valence-electron chi connectivity index (χ1n) is 5.56. The molecule has 0 spiro atoms. The van der Waals surface area contributed by atoms with E-state index in [2.05, 4.69) is 20.3 Å². The van der Waals surface area contributed by atoms with E-state index in [-0.39, 0.29) is 0 Å². The highest BCUT2D eigenvalue weighted by molar-refractivity contribution is 5.11. The molecular weight excluding hydrogens is 176 g/mol. The van der Waals surface area contributed by atoms with Gasteiger partial charge in [-0.15, -0.1) is 5.10 Å². The van der Waals surface area contributed by atoms with Crippen LogP contribution >= 0.6 is 0 Å². The van der Waals surface area contributed by atoms with Crippen LogP contribution in [0.4, 0.5) is 0 Å². The molecule has 0 bridgehead atoms. The van der Waals surface area contributed by atoms with Crippen molar-refractivity contribution in [3.63, 3.8) is 0 Å². The van der Waals surface area contributed by atoms with Crippen LogP contribution in [-0.2, 0) is 0 Å². The minimum atomic E-state index is 0.592. The van der Waals surface area contributed by atoms with Crippen LogP contribution in [0.25, 0.3) is 0 Å². The fourth-order valence-electron chi connectivity index (χ4n) is 2.26. The third-order valence-electron chi connectivity index (χ3n) is 3.25. The van der Waals surface area contributed by atoms with E-state index in [1.165, 1.54) is 31.4 Å². The second-order valence-electron chi connectivity index (χ2n) is 4.36. The summed E-state index contributed by atoms with van der Waals surface area (Å²) in [7, 11) is 0. The smallest absolute Gasteiger partial charge is 0.0728 e. The van der Waals surface area contributed by atoms with Gasteiger partial charge in [0.05, 0.1) is 17.9 Å². The summed E-state index contributed by atoms with van der Waals surface area (Å²) < 4.78 is 2.18. The van der Waals surface area contributed by atoms with Gasteiger partial charge in [0.25, 0.3) is 0 Å². The summed E-state index contributed by atoms with van der Waals surface area (Å²) in [6.45, 7) is 2.24. The van der Waals surface area contributed by atoms with E-state index in [9.17, 15) is 0 Å². The SMILES string of the molecule is c1nnn(C2CCNCC2)c1C1CC1. The van der Waals surface area contributed by atoms with E-state index in [1.54, 1.807) is 0 Å². The molecule has 0 aromatic carbocycles. The molecule has 2 fully saturated rings. The number of hydrogen-bond acceptors (Lipinski definition) is 3. The van der Waals surface area contributed by atoms with Crippen LogP contribution in [0.1, 0.15) is 43.3 Å². The molecule has 1 N–H and O–H groups in total. The molecule has 0 unspecified atom stereocenters. The van der Waals surface area contributed by atoms with Crippen molar-refractivity contribution in [2.75, 3.05) is 13.1 Å². The zero-order valence-electron chi connectivity index (χ0n) is 8.32. The Bertz CT molecular complexity index is 310. The highest BCUT2D eigenvalue weighted by atomic mass is 15.4. The average Bonchev–Trinajstić information content (AvgIpc) is 2.98.